The third-order valence-corrected chi connectivity index (χ3v) is 2.93. The van der Waals surface area contributed by atoms with Crippen LogP contribution in [0.2, 0.25) is 5.02 Å². The molecular formula is C12H10ClN5. The number of rotatable bonds is 2. The van der Waals surface area contributed by atoms with Gasteiger partial charge in [0.2, 0.25) is 0 Å². The summed E-state index contributed by atoms with van der Waals surface area (Å²) >= 11 is 6.00. The minimum Gasteiger partial charge on any atom is -0.382 e. The average molecular weight is 260 g/mol. The van der Waals surface area contributed by atoms with Gasteiger partial charge in [-0.1, -0.05) is 23.7 Å². The molecule has 0 radical (unpaired) electrons. The molecule has 2 aromatic heterocycles. The Morgan fingerprint density at radius 1 is 1.22 bits per heavy atom. The highest BCUT2D eigenvalue weighted by atomic mass is 35.5. The largest absolute Gasteiger partial charge is 0.382 e. The number of nitrogens with two attached hydrogens (primary N) is 1. The van der Waals surface area contributed by atoms with Crippen LogP contribution in [0.4, 0.5) is 5.82 Å². The monoisotopic (exact) mass is 259 g/mol. The van der Waals surface area contributed by atoms with Crippen LogP contribution in [0.25, 0.3) is 22.4 Å². The maximum Gasteiger partial charge on any atom is 0.153 e. The molecule has 0 amide bonds. The van der Waals surface area contributed by atoms with Crippen molar-refractivity contribution in [1.82, 2.24) is 20.4 Å². The maximum atomic E-state index is 6.00. The molecule has 0 bridgehead atoms. The van der Waals surface area contributed by atoms with Gasteiger partial charge in [0.05, 0.1) is 17.5 Å². The van der Waals surface area contributed by atoms with Gasteiger partial charge >= 0.3 is 0 Å². The second-order valence-electron chi connectivity index (χ2n) is 3.86. The van der Waals surface area contributed by atoms with Crippen LogP contribution in [0.5, 0.6) is 0 Å². The van der Waals surface area contributed by atoms with E-state index in [9.17, 15) is 0 Å². The summed E-state index contributed by atoms with van der Waals surface area (Å²) in [5, 5.41) is 14.3. The fourth-order valence-corrected chi connectivity index (χ4v) is 2.08. The van der Waals surface area contributed by atoms with Crippen molar-refractivity contribution in [3.8, 4) is 22.4 Å². The quantitative estimate of drug-likeness (QED) is 0.662. The predicted molar refractivity (Wildman–Crippen MR) is 71.0 cm³/mol. The second kappa shape index (κ2) is 4.19. The number of aromatic nitrogens is 4. The summed E-state index contributed by atoms with van der Waals surface area (Å²) in [6.45, 7) is 0. The summed E-state index contributed by atoms with van der Waals surface area (Å²) in [7, 11) is 0. The van der Waals surface area contributed by atoms with Crippen LogP contribution in [-0.2, 0) is 0 Å². The molecule has 0 spiro atoms. The summed E-state index contributed by atoms with van der Waals surface area (Å²) in [6.07, 6.45) is 3.49. The molecule has 5 nitrogen and oxygen atoms in total. The van der Waals surface area contributed by atoms with E-state index < -0.39 is 0 Å². The fraction of sp³-hybridized carbons (Fsp3) is 0. The first-order chi connectivity index (χ1) is 8.75. The first-order valence-electron chi connectivity index (χ1n) is 5.34. The van der Waals surface area contributed by atoms with Crippen molar-refractivity contribution < 1.29 is 0 Å². The molecule has 0 saturated carbocycles. The predicted octanol–water partition coefficient (Wildman–Crippen LogP) is 2.70. The Hall–Kier alpha value is -2.27. The van der Waals surface area contributed by atoms with Crippen LogP contribution in [0.1, 0.15) is 0 Å². The zero-order valence-corrected chi connectivity index (χ0v) is 10.1. The number of halogens is 1. The lowest BCUT2D eigenvalue weighted by molar-refractivity contribution is 1.09. The van der Waals surface area contributed by atoms with Gasteiger partial charge in [0.25, 0.3) is 0 Å². The third-order valence-electron chi connectivity index (χ3n) is 2.69. The minimum atomic E-state index is 0.438. The molecule has 0 atom stereocenters. The highest BCUT2D eigenvalue weighted by Gasteiger charge is 2.15. The van der Waals surface area contributed by atoms with Crippen molar-refractivity contribution in [3.05, 3.63) is 41.7 Å². The van der Waals surface area contributed by atoms with Gasteiger partial charge in [0.15, 0.2) is 5.82 Å². The average Bonchev–Trinajstić information content (AvgIpc) is 2.97. The lowest BCUT2D eigenvalue weighted by atomic mass is 10.0. The topological polar surface area (TPSA) is 83.4 Å². The zero-order chi connectivity index (χ0) is 12.5. The smallest absolute Gasteiger partial charge is 0.153 e. The van der Waals surface area contributed by atoms with Crippen LogP contribution in [0, 0.1) is 0 Å². The molecule has 6 heteroatoms. The molecular weight excluding hydrogens is 250 g/mol. The van der Waals surface area contributed by atoms with Crippen LogP contribution < -0.4 is 5.73 Å². The molecule has 18 heavy (non-hydrogen) atoms. The molecule has 90 valence electrons. The highest BCUT2D eigenvalue weighted by Crippen LogP contribution is 2.35. The number of benzene rings is 1. The molecule has 0 aliphatic heterocycles. The Bertz CT molecular complexity index is 672. The number of hydrogen-bond acceptors (Lipinski definition) is 3. The van der Waals surface area contributed by atoms with E-state index in [4.69, 9.17) is 17.3 Å². The standard InChI is InChI=1S/C12H10ClN5/c13-9-3-1-2-7(4-9)10-11(17-18-12(10)14)8-5-15-16-6-8/h1-6H,(H,15,16)(H3,14,17,18). The molecule has 0 saturated heterocycles. The van der Waals surface area contributed by atoms with E-state index in [1.165, 1.54) is 0 Å². The number of nitrogens with one attached hydrogen (secondary N) is 2. The summed E-state index contributed by atoms with van der Waals surface area (Å²) in [6, 6.07) is 7.49. The Labute approximate surface area is 108 Å². The zero-order valence-electron chi connectivity index (χ0n) is 9.31. The molecule has 2 heterocycles. The first kappa shape index (κ1) is 10.9. The van der Waals surface area contributed by atoms with Crippen molar-refractivity contribution in [2.45, 2.75) is 0 Å². The molecule has 0 aliphatic carbocycles. The molecule has 0 fully saturated rings. The van der Waals surface area contributed by atoms with Gasteiger partial charge in [-0.15, -0.1) is 0 Å². The van der Waals surface area contributed by atoms with E-state index in [0.717, 1.165) is 22.4 Å². The second-order valence-corrected chi connectivity index (χ2v) is 4.29. The lowest BCUT2D eigenvalue weighted by Crippen LogP contribution is -1.88. The number of aromatic amines is 2. The van der Waals surface area contributed by atoms with Crippen LogP contribution >= 0.6 is 11.6 Å². The number of H-pyrrole nitrogens is 2. The SMILES string of the molecule is Nc1n[nH]c(-c2cn[nH]c2)c1-c1cccc(Cl)c1. The molecule has 3 rings (SSSR count). The summed E-state index contributed by atoms with van der Waals surface area (Å²) in [5.74, 6) is 0.438. The summed E-state index contributed by atoms with van der Waals surface area (Å²) in [5.41, 5.74) is 9.39. The number of anilines is 1. The van der Waals surface area contributed by atoms with Crippen molar-refractivity contribution in [2.75, 3.05) is 5.73 Å². The van der Waals surface area contributed by atoms with E-state index in [2.05, 4.69) is 20.4 Å². The molecule has 4 N–H and O–H groups in total. The van der Waals surface area contributed by atoms with Gasteiger partial charge in [-0.05, 0) is 17.7 Å². The van der Waals surface area contributed by atoms with Crippen LogP contribution in [0.3, 0.4) is 0 Å². The molecule has 0 aliphatic rings. The van der Waals surface area contributed by atoms with Gasteiger partial charge in [0, 0.05) is 16.8 Å². The van der Waals surface area contributed by atoms with Crippen LogP contribution in [-0.4, -0.2) is 20.4 Å². The van der Waals surface area contributed by atoms with E-state index in [-0.39, 0.29) is 0 Å². The Kier molecular flexibility index (Phi) is 2.53. The van der Waals surface area contributed by atoms with Gasteiger partial charge < -0.3 is 5.73 Å². The maximum absolute atomic E-state index is 6.00. The summed E-state index contributed by atoms with van der Waals surface area (Å²) < 4.78 is 0. The Balaban J connectivity index is 2.20. The minimum absolute atomic E-state index is 0.438. The van der Waals surface area contributed by atoms with Crippen molar-refractivity contribution in [3.63, 3.8) is 0 Å². The molecule has 1 aromatic carbocycles. The third kappa shape index (κ3) is 1.74. The Morgan fingerprint density at radius 3 is 2.83 bits per heavy atom. The normalized spacial score (nSPS) is 10.7. The fourth-order valence-electron chi connectivity index (χ4n) is 1.89. The van der Waals surface area contributed by atoms with E-state index in [1.54, 1.807) is 12.4 Å². The van der Waals surface area contributed by atoms with E-state index in [0.29, 0.717) is 10.8 Å². The number of hydrogen-bond donors (Lipinski definition) is 3. The van der Waals surface area contributed by atoms with Gasteiger partial charge in [0.1, 0.15) is 0 Å². The van der Waals surface area contributed by atoms with Crippen molar-refractivity contribution >= 4 is 17.4 Å². The van der Waals surface area contributed by atoms with Crippen LogP contribution in [0.15, 0.2) is 36.7 Å². The van der Waals surface area contributed by atoms with Gasteiger partial charge in [-0.3, -0.25) is 10.2 Å². The van der Waals surface area contributed by atoms with Gasteiger partial charge in [-0.25, -0.2) is 0 Å². The van der Waals surface area contributed by atoms with Crippen molar-refractivity contribution in [1.29, 1.82) is 0 Å². The lowest BCUT2D eigenvalue weighted by Gasteiger charge is -2.03. The summed E-state index contributed by atoms with van der Waals surface area (Å²) in [4.78, 5) is 0. The first-order valence-corrected chi connectivity index (χ1v) is 5.72. The molecule has 0 unspecified atom stereocenters. The highest BCUT2D eigenvalue weighted by molar-refractivity contribution is 6.30. The Morgan fingerprint density at radius 2 is 2.11 bits per heavy atom. The number of nitrogen functional groups attached to an aromatic ring is 1. The van der Waals surface area contributed by atoms with Gasteiger partial charge in [-0.2, -0.15) is 10.2 Å². The molecule has 3 aromatic rings. The van der Waals surface area contributed by atoms with Crippen molar-refractivity contribution in [2.24, 2.45) is 0 Å². The van der Waals surface area contributed by atoms with E-state index >= 15 is 0 Å². The number of nitrogens with zero attached hydrogens (tertiary/aromatic N) is 2. The van der Waals surface area contributed by atoms with E-state index in [1.807, 2.05) is 24.3 Å².